The van der Waals surface area contributed by atoms with Crippen molar-refractivity contribution < 1.29 is 17.6 Å². The second-order valence-corrected chi connectivity index (χ2v) is 9.58. The van der Waals surface area contributed by atoms with Crippen LogP contribution in [0.5, 0.6) is 0 Å². The molecule has 1 aliphatic rings. The van der Waals surface area contributed by atoms with Crippen LogP contribution in [0.4, 0.5) is 4.39 Å². The lowest BCUT2D eigenvalue weighted by Crippen LogP contribution is -2.43. The van der Waals surface area contributed by atoms with Gasteiger partial charge < -0.3 is 5.32 Å². The molecule has 0 saturated carbocycles. The van der Waals surface area contributed by atoms with Crippen molar-refractivity contribution in [2.24, 2.45) is 5.92 Å². The summed E-state index contributed by atoms with van der Waals surface area (Å²) in [4.78, 5) is 12.5. The molecule has 1 unspecified atom stereocenters. The van der Waals surface area contributed by atoms with Crippen LogP contribution in [0.1, 0.15) is 36.8 Å². The molecule has 1 N–H and O–H groups in total. The number of nitrogens with zero attached hydrogens (tertiary/aromatic N) is 1. The minimum absolute atomic E-state index is 0.0108. The minimum Gasteiger partial charge on any atom is -0.355 e. The van der Waals surface area contributed by atoms with E-state index in [0.29, 0.717) is 38.0 Å². The summed E-state index contributed by atoms with van der Waals surface area (Å²) in [5.74, 6) is -0.506. The molecule has 0 radical (unpaired) electrons. The van der Waals surface area contributed by atoms with Crippen molar-refractivity contribution in [2.75, 3.05) is 19.6 Å². The molecule has 3 rings (SSSR count). The molecule has 0 bridgehead atoms. The molecule has 1 amide bonds. The predicted molar refractivity (Wildman–Crippen MR) is 111 cm³/mol. The van der Waals surface area contributed by atoms with E-state index < -0.39 is 10.0 Å². The van der Waals surface area contributed by atoms with Crippen molar-refractivity contribution in [3.8, 4) is 0 Å². The number of halogens is 1. The van der Waals surface area contributed by atoms with Crippen LogP contribution in [0.15, 0.2) is 54.6 Å². The Morgan fingerprint density at radius 2 is 1.72 bits per heavy atom. The van der Waals surface area contributed by atoms with Gasteiger partial charge in [0.2, 0.25) is 15.9 Å². The zero-order valence-electron chi connectivity index (χ0n) is 16.6. The number of piperidine rings is 1. The van der Waals surface area contributed by atoms with Gasteiger partial charge in [0.15, 0.2) is 0 Å². The molecule has 7 heteroatoms. The molecular weight excluding hydrogens is 391 g/mol. The molecule has 0 aromatic heterocycles. The summed E-state index contributed by atoms with van der Waals surface area (Å²) in [6, 6.07) is 15.5. The van der Waals surface area contributed by atoms with Gasteiger partial charge in [0.25, 0.3) is 0 Å². The number of carbonyl (C=O) groups excluding carboxylic acids is 1. The normalized spacial score (nSPS) is 17.0. The molecule has 1 fully saturated rings. The highest BCUT2D eigenvalue weighted by molar-refractivity contribution is 7.88. The highest BCUT2D eigenvalue weighted by Gasteiger charge is 2.31. The van der Waals surface area contributed by atoms with Gasteiger partial charge in [-0.25, -0.2) is 17.1 Å². The summed E-state index contributed by atoms with van der Waals surface area (Å²) in [5, 5.41) is 3.01. The minimum atomic E-state index is -3.48. The number of carbonyl (C=O) groups is 1. The Hall–Kier alpha value is -2.25. The quantitative estimate of drug-likeness (QED) is 0.750. The van der Waals surface area contributed by atoms with E-state index in [1.165, 1.54) is 34.1 Å². The third kappa shape index (κ3) is 5.87. The first-order valence-corrected chi connectivity index (χ1v) is 11.5. The number of rotatable bonds is 7. The van der Waals surface area contributed by atoms with Crippen LogP contribution >= 0.6 is 0 Å². The van der Waals surface area contributed by atoms with Crippen LogP contribution in [0.3, 0.4) is 0 Å². The Bertz CT molecular complexity index is 909. The van der Waals surface area contributed by atoms with Crippen molar-refractivity contribution >= 4 is 15.9 Å². The standard InChI is InChI=1S/C22H27FN2O3S/c1-17(19-5-3-2-4-6-19)15-24-22(26)20-11-13-25(14-12-20)29(27,28)16-18-7-9-21(23)10-8-18/h2-10,17,20H,11-16H2,1H3,(H,24,26). The SMILES string of the molecule is CC(CNC(=O)C1CCN(S(=O)(=O)Cc2ccc(F)cc2)CC1)c1ccccc1. The molecule has 5 nitrogen and oxygen atoms in total. The van der Waals surface area contributed by atoms with Gasteiger partial charge in [-0.05, 0) is 42.0 Å². The number of hydrogen-bond acceptors (Lipinski definition) is 3. The molecule has 1 atom stereocenters. The van der Waals surface area contributed by atoms with Gasteiger partial charge in [-0.15, -0.1) is 0 Å². The Balaban J connectivity index is 1.47. The van der Waals surface area contributed by atoms with E-state index >= 15 is 0 Å². The first-order chi connectivity index (χ1) is 13.8. The molecule has 0 aliphatic carbocycles. The van der Waals surface area contributed by atoms with Crippen molar-refractivity contribution in [3.05, 3.63) is 71.5 Å². The Kier molecular flexibility index (Phi) is 7.03. The largest absolute Gasteiger partial charge is 0.355 e. The average Bonchev–Trinajstić information content (AvgIpc) is 2.74. The van der Waals surface area contributed by atoms with Crippen LogP contribution < -0.4 is 5.32 Å². The second kappa shape index (κ2) is 9.50. The maximum atomic E-state index is 13.0. The topological polar surface area (TPSA) is 66.5 Å². The molecule has 1 aliphatic heterocycles. The molecule has 0 spiro atoms. The lowest BCUT2D eigenvalue weighted by Gasteiger charge is -2.30. The van der Waals surface area contributed by atoms with Gasteiger partial charge in [0.1, 0.15) is 5.82 Å². The van der Waals surface area contributed by atoms with Gasteiger partial charge in [-0.1, -0.05) is 49.4 Å². The van der Waals surface area contributed by atoms with Crippen LogP contribution in [-0.2, 0) is 20.6 Å². The second-order valence-electron chi connectivity index (χ2n) is 7.61. The van der Waals surface area contributed by atoms with Gasteiger partial charge in [-0.2, -0.15) is 0 Å². The fraction of sp³-hybridized carbons (Fsp3) is 0.409. The maximum Gasteiger partial charge on any atom is 0.223 e. The third-order valence-electron chi connectivity index (χ3n) is 5.43. The number of sulfonamides is 1. The fourth-order valence-electron chi connectivity index (χ4n) is 3.58. The molecule has 1 heterocycles. The first kappa shape index (κ1) is 21.5. The van der Waals surface area contributed by atoms with Crippen LogP contribution in [0.25, 0.3) is 0 Å². The Morgan fingerprint density at radius 1 is 1.10 bits per heavy atom. The van der Waals surface area contributed by atoms with E-state index in [-0.39, 0.29) is 29.3 Å². The molecule has 29 heavy (non-hydrogen) atoms. The molecule has 156 valence electrons. The van der Waals surface area contributed by atoms with Crippen molar-refractivity contribution in [3.63, 3.8) is 0 Å². The van der Waals surface area contributed by atoms with E-state index in [1.54, 1.807) is 0 Å². The molecule has 1 saturated heterocycles. The van der Waals surface area contributed by atoms with Crippen LogP contribution in [0, 0.1) is 11.7 Å². The summed E-state index contributed by atoms with van der Waals surface area (Å²) in [5.41, 5.74) is 1.73. The number of benzene rings is 2. The van der Waals surface area contributed by atoms with E-state index in [4.69, 9.17) is 0 Å². The smallest absolute Gasteiger partial charge is 0.223 e. The number of amides is 1. The summed E-state index contributed by atoms with van der Waals surface area (Å²) < 4.78 is 39.7. The number of hydrogen-bond donors (Lipinski definition) is 1. The van der Waals surface area contributed by atoms with Gasteiger partial charge in [-0.3, -0.25) is 4.79 Å². The number of nitrogens with one attached hydrogen (secondary N) is 1. The monoisotopic (exact) mass is 418 g/mol. The van der Waals surface area contributed by atoms with E-state index in [2.05, 4.69) is 12.2 Å². The van der Waals surface area contributed by atoms with Crippen molar-refractivity contribution in [1.82, 2.24) is 9.62 Å². The molecule has 2 aromatic rings. The van der Waals surface area contributed by atoms with Gasteiger partial charge >= 0.3 is 0 Å². The predicted octanol–water partition coefficient (Wildman–Crippen LogP) is 3.29. The zero-order chi connectivity index (χ0) is 20.9. The van der Waals surface area contributed by atoms with Crippen LogP contribution in [0.2, 0.25) is 0 Å². The summed E-state index contributed by atoms with van der Waals surface area (Å²) in [7, 11) is -3.48. The van der Waals surface area contributed by atoms with E-state index in [1.807, 2.05) is 30.3 Å². The first-order valence-electron chi connectivity index (χ1n) is 9.90. The van der Waals surface area contributed by atoms with Gasteiger partial charge in [0, 0.05) is 25.6 Å². The summed E-state index contributed by atoms with van der Waals surface area (Å²) in [6.07, 6.45) is 1.02. The van der Waals surface area contributed by atoms with Crippen molar-refractivity contribution in [1.29, 1.82) is 0 Å². The lowest BCUT2D eigenvalue weighted by molar-refractivity contribution is -0.126. The average molecular weight is 419 g/mol. The Morgan fingerprint density at radius 3 is 2.34 bits per heavy atom. The van der Waals surface area contributed by atoms with Gasteiger partial charge in [0.05, 0.1) is 5.75 Å². The third-order valence-corrected chi connectivity index (χ3v) is 7.28. The fourth-order valence-corrected chi connectivity index (χ4v) is 5.14. The van der Waals surface area contributed by atoms with Crippen LogP contribution in [-0.4, -0.2) is 38.3 Å². The molecular formula is C22H27FN2O3S. The molecule has 2 aromatic carbocycles. The van der Waals surface area contributed by atoms with Crippen molar-refractivity contribution in [2.45, 2.75) is 31.4 Å². The highest BCUT2D eigenvalue weighted by atomic mass is 32.2. The van der Waals surface area contributed by atoms with E-state index in [0.717, 1.165) is 0 Å². The maximum absolute atomic E-state index is 13.0. The summed E-state index contributed by atoms with van der Waals surface area (Å²) in [6.45, 7) is 3.29. The Labute approximate surface area is 172 Å². The lowest BCUT2D eigenvalue weighted by atomic mass is 9.96. The zero-order valence-corrected chi connectivity index (χ0v) is 17.4. The summed E-state index contributed by atoms with van der Waals surface area (Å²) >= 11 is 0. The van der Waals surface area contributed by atoms with E-state index in [9.17, 15) is 17.6 Å². The highest BCUT2D eigenvalue weighted by Crippen LogP contribution is 2.22.